The summed E-state index contributed by atoms with van der Waals surface area (Å²) in [6, 6.07) is 0.151. The number of ether oxygens (including phenoxy) is 4. The lowest BCUT2D eigenvalue weighted by molar-refractivity contribution is -0.275. The minimum absolute atomic E-state index is 0.0354. The number of rotatable bonds is 5. The third-order valence-electron chi connectivity index (χ3n) is 11.5. The summed E-state index contributed by atoms with van der Waals surface area (Å²) in [5.41, 5.74) is -0.914. The third kappa shape index (κ3) is 2.86. The minimum Gasteiger partial charge on any atom is -0.462 e. The van der Waals surface area contributed by atoms with E-state index in [1.165, 1.54) is 20.8 Å². The Balaban J connectivity index is 1.61. The second-order valence-corrected chi connectivity index (χ2v) is 12.8. The number of fused-ring (bicyclic) bond motifs is 2. The lowest BCUT2D eigenvalue weighted by Crippen LogP contribution is -2.76. The highest BCUT2D eigenvalue weighted by Gasteiger charge is 2.85. The number of piperidine rings is 1. The van der Waals surface area contributed by atoms with Crippen molar-refractivity contribution in [3.63, 3.8) is 0 Å². The van der Waals surface area contributed by atoms with Gasteiger partial charge in [-0.15, -0.1) is 0 Å². The van der Waals surface area contributed by atoms with Gasteiger partial charge in [-0.1, -0.05) is 13.8 Å². The standard InChI is InChI=1S/C28H41NO7/c1-7-29-13-26(5)9-8-22(34-14(2)30)28-18-10-17-20(33-6)12-27(36-16(4)32,19(25(28)29)11-21(26)28)23(18)24(17)35-15(3)31/h17-25H,7-13H2,1-6H3. The average Bonchev–Trinajstić information content (AvgIpc) is 3.23. The van der Waals surface area contributed by atoms with Crippen molar-refractivity contribution >= 4 is 17.9 Å². The molecule has 6 rings (SSSR count). The molecule has 12 atom stereocenters. The Morgan fingerprint density at radius 2 is 1.72 bits per heavy atom. The fourth-order valence-corrected chi connectivity index (χ4v) is 11.1. The number of carbonyl (C=O) groups is 3. The van der Waals surface area contributed by atoms with Crippen LogP contribution in [0.2, 0.25) is 0 Å². The van der Waals surface area contributed by atoms with E-state index in [1.54, 1.807) is 7.11 Å². The number of nitrogens with zero attached hydrogens (tertiary/aromatic N) is 1. The van der Waals surface area contributed by atoms with E-state index < -0.39 is 5.60 Å². The molecule has 5 saturated carbocycles. The van der Waals surface area contributed by atoms with Crippen LogP contribution in [0.25, 0.3) is 0 Å². The van der Waals surface area contributed by atoms with Crippen LogP contribution in [0.5, 0.6) is 0 Å². The number of methoxy groups -OCH3 is 1. The van der Waals surface area contributed by atoms with Crippen molar-refractivity contribution in [2.24, 2.45) is 40.4 Å². The van der Waals surface area contributed by atoms with Gasteiger partial charge in [0.2, 0.25) is 0 Å². The molecule has 0 aromatic heterocycles. The molecule has 0 radical (unpaired) electrons. The van der Waals surface area contributed by atoms with Crippen LogP contribution in [-0.2, 0) is 33.3 Å². The molecule has 7 bridgehead atoms. The van der Waals surface area contributed by atoms with Gasteiger partial charge in [0.15, 0.2) is 0 Å². The van der Waals surface area contributed by atoms with E-state index in [4.69, 9.17) is 18.9 Å². The van der Waals surface area contributed by atoms with Crippen LogP contribution < -0.4 is 0 Å². The van der Waals surface area contributed by atoms with E-state index >= 15 is 0 Å². The Labute approximate surface area is 213 Å². The first kappa shape index (κ1) is 24.7. The Bertz CT molecular complexity index is 985. The van der Waals surface area contributed by atoms with Gasteiger partial charge >= 0.3 is 17.9 Å². The second-order valence-electron chi connectivity index (χ2n) is 12.8. The molecule has 0 N–H and O–H groups in total. The van der Waals surface area contributed by atoms with Crippen LogP contribution >= 0.6 is 0 Å². The number of hydrogen-bond acceptors (Lipinski definition) is 8. The van der Waals surface area contributed by atoms with Crippen LogP contribution in [0.15, 0.2) is 0 Å². The lowest BCUT2D eigenvalue weighted by atomic mass is 9.43. The summed E-state index contributed by atoms with van der Waals surface area (Å²) in [6.07, 6.45) is 3.54. The molecular weight excluding hydrogens is 462 g/mol. The topological polar surface area (TPSA) is 91.4 Å². The molecule has 1 spiro atoms. The van der Waals surface area contributed by atoms with Gasteiger partial charge in [0, 0.05) is 70.1 Å². The zero-order valence-electron chi connectivity index (χ0n) is 22.5. The smallest absolute Gasteiger partial charge is 0.303 e. The predicted octanol–water partition coefficient (Wildman–Crippen LogP) is 2.96. The summed E-state index contributed by atoms with van der Waals surface area (Å²) in [5, 5.41) is 0. The quantitative estimate of drug-likeness (QED) is 0.418. The van der Waals surface area contributed by atoms with Crippen molar-refractivity contribution in [2.75, 3.05) is 20.2 Å². The fourth-order valence-electron chi connectivity index (χ4n) is 11.1. The molecule has 8 heteroatoms. The molecule has 0 aromatic rings. The maximum Gasteiger partial charge on any atom is 0.303 e. The van der Waals surface area contributed by atoms with E-state index in [2.05, 4.69) is 18.7 Å². The lowest BCUT2D eigenvalue weighted by Gasteiger charge is -2.69. The Morgan fingerprint density at radius 1 is 1.00 bits per heavy atom. The van der Waals surface area contributed by atoms with Crippen LogP contribution in [0, 0.1) is 40.4 Å². The molecule has 36 heavy (non-hydrogen) atoms. The summed E-state index contributed by atoms with van der Waals surface area (Å²) in [5.74, 6) is -0.373. The molecule has 1 heterocycles. The highest BCUT2D eigenvalue weighted by Crippen LogP contribution is 2.79. The maximum atomic E-state index is 12.8. The summed E-state index contributed by atoms with van der Waals surface area (Å²) < 4.78 is 24.9. The summed E-state index contributed by atoms with van der Waals surface area (Å²) >= 11 is 0. The Hall–Kier alpha value is -1.67. The molecule has 12 unspecified atom stereocenters. The molecule has 8 nitrogen and oxygen atoms in total. The number of carbonyl (C=O) groups excluding carboxylic acids is 3. The van der Waals surface area contributed by atoms with E-state index in [0.717, 1.165) is 38.8 Å². The minimum atomic E-state index is -0.767. The van der Waals surface area contributed by atoms with Crippen molar-refractivity contribution in [3.8, 4) is 0 Å². The van der Waals surface area contributed by atoms with Gasteiger partial charge in [0.1, 0.15) is 17.8 Å². The van der Waals surface area contributed by atoms with Crippen LogP contribution in [0.1, 0.15) is 66.7 Å². The normalized spacial score (nSPS) is 52.0. The van der Waals surface area contributed by atoms with E-state index in [0.29, 0.717) is 12.3 Å². The molecule has 6 aliphatic rings. The zero-order valence-corrected chi connectivity index (χ0v) is 22.5. The fraction of sp³-hybridized carbons (Fsp3) is 0.893. The average molecular weight is 504 g/mol. The van der Waals surface area contributed by atoms with Crippen LogP contribution in [0.4, 0.5) is 0 Å². The SMILES string of the molecule is CCN1CC2(C)CCC(OC(C)=O)C34C5CC6C(OC)CC(OC(C)=O)(C(CC23)C14)C5C6OC(C)=O. The molecule has 0 amide bonds. The largest absolute Gasteiger partial charge is 0.462 e. The summed E-state index contributed by atoms with van der Waals surface area (Å²) in [7, 11) is 1.71. The van der Waals surface area contributed by atoms with Crippen LogP contribution in [-0.4, -0.2) is 73.0 Å². The first-order valence-electron chi connectivity index (χ1n) is 13.8. The third-order valence-corrected chi connectivity index (χ3v) is 11.5. The van der Waals surface area contributed by atoms with E-state index in [9.17, 15) is 14.4 Å². The molecule has 1 aliphatic heterocycles. The molecule has 200 valence electrons. The summed E-state index contributed by atoms with van der Waals surface area (Å²) in [4.78, 5) is 40.2. The maximum absolute atomic E-state index is 12.8. The highest BCUT2D eigenvalue weighted by atomic mass is 16.6. The molecular formula is C28H41NO7. The predicted molar refractivity (Wildman–Crippen MR) is 129 cm³/mol. The molecule has 6 fully saturated rings. The van der Waals surface area contributed by atoms with Crippen molar-refractivity contribution in [2.45, 2.75) is 96.7 Å². The van der Waals surface area contributed by atoms with Gasteiger partial charge in [-0.25, -0.2) is 0 Å². The van der Waals surface area contributed by atoms with Gasteiger partial charge in [-0.3, -0.25) is 19.3 Å². The van der Waals surface area contributed by atoms with E-state index in [-0.39, 0.29) is 76.8 Å². The van der Waals surface area contributed by atoms with Crippen molar-refractivity contribution < 1.29 is 33.3 Å². The van der Waals surface area contributed by atoms with Gasteiger partial charge in [0.25, 0.3) is 0 Å². The number of likely N-dealkylation sites (tertiary alicyclic amines) is 1. The molecule has 1 saturated heterocycles. The van der Waals surface area contributed by atoms with Gasteiger partial charge in [0.05, 0.1) is 6.10 Å². The van der Waals surface area contributed by atoms with Gasteiger partial charge < -0.3 is 18.9 Å². The Kier molecular flexibility index (Phi) is 5.42. The molecule has 0 aromatic carbocycles. The first-order valence-corrected chi connectivity index (χ1v) is 13.8. The monoisotopic (exact) mass is 503 g/mol. The summed E-state index contributed by atoms with van der Waals surface area (Å²) in [6.45, 7) is 11.0. The van der Waals surface area contributed by atoms with E-state index in [1.807, 2.05) is 0 Å². The van der Waals surface area contributed by atoms with Crippen LogP contribution in [0.3, 0.4) is 0 Å². The van der Waals surface area contributed by atoms with Gasteiger partial charge in [-0.2, -0.15) is 0 Å². The second kappa shape index (κ2) is 7.92. The number of hydrogen-bond donors (Lipinski definition) is 0. The van der Waals surface area contributed by atoms with Crippen molar-refractivity contribution in [3.05, 3.63) is 0 Å². The highest BCUT2D eigenvalue weighted by molar-refractivity contribution is 5.68. The van der Waals surface area contributed by atoms with Crippen molar-refractivity contribution in [1.29, 1.82) is 0 Å². The molecule has 5 aliphatic carbocycles. The first-order chi connectivity index (χ1) is 17.0. The number of esters is 3. The Morgan fingerprint density at radius 3 is 2.33 bits per heavy atom. The zero-order chi connectivity index (χ0) is 25.8. The van der Waals surface area contributed by atoms with Gasteiger partial charge in [-0.05, 0) is 49.5 Å². The van der Waals surface area contributed by atoms with Crippen molar-refractivity contribution in [1.82, 2.24) is 4.90 Å².